The average molecular weight is 470 g/mol. The molecule has 0 fully saturated rings. The van der Waals surface area contributed by atoms with E-state index in [0.29, 0.717) is 17.0 Å². The smallest absolute Gasteiger partial charge is 0.262 e. The van der Waals surface area contributed by atoms with Crippen LogP contribution < -0.4 is 24.8 Å². The topological polar surface area (TPSA) is 123 Å². The molecule has 172 valence electrons. The first-order valence-electron chi connectivity index (χ1n) is 9.76. The summed E-state index contributed by atoms with van der Waals surface area (Å²) in [7, 11) is -1.14. The number of hydrogen-bond acceptors (Lipinski definition) is 6. The minimum Gasteiger partial charge on any atom is -0.495 e. The molecular weight excluding hydrogens is 446 g/mol. The molecular formula is C23H23N3O6S. The van der Waals surface area contributed by atoms with Crippen molar-refractivity contribution in [2.75, 3.05) is 29.6 Å². The molecule has 0 aromatic heterocycles. The van der Waals surface area contributed by atoms with Crippen LogP contribution in [0.3, 0.4) is 0 Å². The van der Waals surface area contributed by atoms with E-state index in [1.165, 1.54) is 51.5 Å². The fourth-order valence-corrected chi connectivity index (χ4v) is 4.08. The highest BCUT2D eigenvalue weighted by molar-refractivity contribution is 7.92. The van der Waals surface area contributed by atoms with Crippen molar-refractivity contribution in [1.29, 1.82) is 0 Å². The Morgan fingerprint density at radius 2 is 1.42 bits per heavy atom. The maximum Gasteiger partial charge on any atom is 0.262 e. The number of hydrogen-bond donors (Lipinski definition) is 3. The monoisotopic (exact) mass is 469 g/mol. The lowest BCUT2D eigenvalue weighted by atomic mass is 10.2. The number of carbonyl (C=O) groups is 2. The first-order valence-corrected chi connectivity index (χ1v) is 11.2. The molecule has 0 saturated heterocycles. The molecule has 0 spiro atoms. The Balaban J connectivity index is 1.86. The van der Waals surface area contributed by atoms with Crippen LogP contribution in [0.25, 0.3) is 0 Å². The third kappa shape index (κ3) is 5.80. The second kappa shape index (κ2) is 10.0. The molecule has 0 unspecified atom stereocenters. The Kier molecular flexibility index (Phi) is 7.19. The highest BCUT2D eigenvalue weighted by Crippen LogP contribution is 2.31. The summed E-state index contributed by atoms with van der Waals surface area (Å²) in [5.41, 5.74) is 1.32. The average Bonchev–Trinajstić information content (AvgIpc) is 2.79. The normalized spacial score (nSPS) is 10.8. The van der Waals surface area contributed by atoms with Crippen LogP contribution in [0.1, 0.15) is 17.3 Å². The zero-order valence-electron chi connectivity index (χ0n) is 18.2. The van der Waals surface area contributed by atoms with Gasteiger partial charge in [0.2, 0.25) is 5.91 Å². The van der Waals surface area contributed by atoms with Crippen LogP contribution in [0.2, 0.25) is 0 Å². The summed E-state index contributed by atoms with van der Waals surface area (Å²) < 4.78 is 38.8. The number of rotatable bonds is 8. The summed E-state index contributed by atoms with van der Waals surface area (Å²) in [6, 6.07) is 17.0. The zero-order valence-corrected chi connectivity index (χ0v) is 19.0. The number of sulfonamides is 1. The largest absolute Gasteiger partial charge is 0.495 e. The van der Waals surface area contributed by atoms with Gasteiger partial charge in [0.05, 0.1) is 30.5 Å². The number of ether oxygens (including phenoxy) is 2. The van der Waals surface area contributed by atoms with E-state index in [1.807, 2.05) is 0 Å². The van der Waals surface area contributed by atoms with Crippen molar-refractivity contribution in [3.8, 4) is 11.5 Å². The molecule has 9 nitrogen and oxygen atoms in total. The van der Waals surface area contributed by atoms with Crippen molar-refractivity contribution < 1.29 is 27.5 Å². The molecule has 3 aromatic carbocycles. The second-order valence-electron chi connectivity index (χ2n) is 6.88. The van der Waals surface area contributed by atoms with Gasteiger partial charge in [-0.05, 0) is 54.6 Å². The molecule has 0 aliphatic carbocycles. The van der Waals surface area contributed by atoms with Gasteiger partial charge in [-0.1, -0.05) is 12.1 Å². The van der Waals surface area contributed by atoms with Crippen LogP contribution in [0, 0.1) is 0 Å². The van der Waals surface area contributed by atoms with Crippen LogP contribution in [-0.2, 0) is 14.8 Å². The van der Waals surface area contributed by atoms with Crippen molar-refractivity contribution in [1.82, 2.24) is 0 Å². The summed E-state index contributed by atoms with van der Waals surface area (Å²) in [6.45, 7) is 1.39. The lowest BCUT2D eigenvalue weighted by molar-refractivity contribution is -0.114. The molecule has 0 saturated carbocycles. The van der Waals surface area contributed by atoms with Crippen LogP contribution in [-0.4, -0.2) is 34.5 Å². The lowest BCUT2D eigenvalue weighted by Gasteiger charge is -2.15. The standard InChI is InChI=1S/C23H23N3O6S/c1-15(27)24-17-10-8-16(9-11-17)23(28)25-20-14-18(12-13-22(20)32-3)33(29,30)26-19-6-4-5-7-21(19)31-2/h4-14,26H,1-3H3,(H,24,27)(H,25,28). The molecule has 0 heterocycles. The van der Waals surface area contributed by atoms with Crippen LogP contribution >= 0.6 is 0 Å². The van der Waals surface area contributed by atoms with E-state index in [4.69, 9.17) is 9.47 Å². The first-order chi connectivity index (χ1) is 15.7. The maximum absolute atomic E-state index is 12.9. The minimum absolute atomic E-state index is 0.0782. The molecule has 3 rings (SSSR count). The van der Waals surface area contributed by atoms with Crippen molar-refractivity contribution in [2.45, 2.75) is 11.8 Å². The lowest BCUT2D eigenvalue weighted by Crippen LogP contribution is -2.16. The number of nitrogens with one attached hydrogen (secondary N) is 3. The predicted molar refractivity (Wildman–Crippen MR) is 125 cm³/mol. The number of methoxy groups -OCH3 is 2. The summed E-state index contributed by atoms with van der Waals surface area (Å²) in [5.74, 6) is -0.0492. The molecule has 0 atom stereocenters. The van der Waals surface area contributed by atoms with Gasteiger partial charge in [0.15, 0.2) is 0 Å². The molecule has 0 bridgehead atoms. The van der Waals surface area contributed by atoms with Crippen molar-refractivity contribution in [3.05, 3.63) is 72.3 Å². The molecule has 0 radical (unpaired) electrons. The first kappa shape index (κ1) is 23.6. The van der Waals surface area contributed by atoms with Crippen LogP contribution in [0.4, 0.5) is 17.1 Å². The summed E-state index contributed by atoms with van der Waals surface area (Å²) >= 11 is 0. The summed E-state index contributed by atoms with van der Waals surface area (Å²) in [6.07, 6.45) is 0. The van der Waals surface area contributed by atoms with Gasteiger partial charge in [-0.15, -0.1) is 0 Å². The van der Waals surface area contributed by atoms with Crippen molar-refractivity contribution in [2.24, 2.45) is 0 Å². The summed E-state index contributed by atoms with van der Waals surface area (Å²) in [5, 5.41) is 5.29. The molecule has 2 amide bonds. The van der Waals surface area contributed by atoms with Gasteiger partial charge in [-0.25, -0.2) is 8.42 Å². The fourth-order valence-electron chi connectivity index (χ4n) is 2.99. The van der Waals surface area contributed by atoms with E-state index in [-0.39, 0.29) is 27.9 Å². The number of carbonyl (C=O) groups excluding carboxylic acids is 2. The van der Waals surface area contributed by atoms with Crippen molar-refractivity contribution >= 4 is 38.9 Å². The van der Waals surface area contributed by atoms with E-state index >= 15 is 0 Å². The van der Waals surface area contributed by atoms with Gasteiger partial charge < -0.3 is 20.1 Å². The van der Waals surface area contributed by atoms with Crippen molar-refractivity contribution in [3.63, 3.8) is 0 Å². The highest BCUT2D eigenvalue weighted by atomic mass is 32.2. The number of para-hydroxylation sites is 2. The van der Waals surface area contributed by atoms with E-state index in [9.17, 15) is 18.0 Å². The molecule has 0 aliphatic rings. The number of amides is 2. The number of anilines is 3. The Labute approximate surface area is 191 Å². The fraction of sp³-hybridized carbons (Fsp3) is 0.130. The van der Waals surface area contributed by atoms with Gasteiger partial charge in [-0.3, -0.25) is 14.3 Å². The van der Waals surface area contributed by atoms with Crippen LogP contribution in [0.15, 0.2) is 71.6 Å². The second-order valence-corrected chi connectivity index (χ2v) is 8.56. The summed E-state index contributed by atoms with van der Waals surface area (Å²) in [4.78, 5) is 23.8. The third-order valence-electron chi connectivity index (χ3n) is 4.55. The highest BCUT2D eigenvalue weighted by Gasteiger charge is 2.19. The minimum atomic E-state index is -3.99. The quantitative estimate of drug-likeness (QED) is 0.462. The number of benzene rings is 3. The van der Waals surface area contributed by atoms with E-state index in [1.54, 1.807) is 36.4 Å². The Morgan fingerprint density at radius 1 is 0.788 bits per heavy atom. The van der Waals surface area contributed by atoms with E-state index in [0.717, 1.165) is 0 Å². The molecule has 10 heteroatoms. The molecule has 3 N–H and O–H groups in total. The Bertz CT molecular complexity index is 1270. The maximum atomic E-state index is 12.9. The predicted octanol–water partition coefficient (Wildman–Crippen LogP) is 3.72. The van der Waals surface area contributed by atoms with E-state index in [2.05, 4.69) is 15.4 Å². The van der Waals surface area contributed by atoms with Gasteiger partial charge in [0.1, 0.15) is 11.5 Å². The van der Waals surface area contributed by atoms with Gasteiger partial charge in [-0.2, -0.15) is 0 Å². The van der Waals surface area contributed by atoms with Gasteiger partial charge in [0.25, 0.3) is 15.9 Å². The molecule has 0 aliphatic heterocycles. The van der Waals surface area contributed by atoms with Gasteiger partial charge in [0, 0.05) is 18.2 Å². The van der Waals surface area contributed by atoms with E-state index < -0.39 is 15.9 Å². The molecule has 3 aromatic rings. The SMILES string of the molecule is COc1ccc(S(=O)(=O)Nc2ccccc2OC)cc1NC(=O)c1ccc(NC(C)=O)cc1. The Hall–Kier alpha value is -4.05. The van der Waals surface area contributed by atoms with Crippen LogP contribution in [0.5, 0.6) is 11.5 Å². The zero-order chi connectivity index (χ0) is 24.0. The Morgan fingerprint density at radius 3 is 2.06 bits per heavy atom. The molecule has 33 heavy (non-hydrogen) atoms. The third-order valence-corrected chi connectivity index (χ3v) is 5.91. The van der Waals surface area contributed by atoms with Gasteiger partial charge >= 0.3 is 0 Å².